The highest BCUT2D eigenvalue weighted by Crippen LogP contribution is 2.41. The largest absolute Gasteiger partial charge is 0.497 e. The summed E-state index contributed by atoms with van der Waals surface area (Å²) in [6, 6.07) is 9.86. The van der Waals surface area contributed by atoms with Crippen LogP contribution < -0.4 is 36.1 Å². The summed E-state index contributed by atoms with van der Waals surface area (Å²) < 4.78 is 16.9. The van der Waals surface area contributed by atoms with E-state index < -0.39 is 46.5 Å². The highest BCUT2D eigenvalue weighted by atomic mass is 16.6. The molecule has 0 bridgehead atoms. The summed E-state index contributed by atoms with van der Waals surface area (Å²) in [5, 5.41) is 10.1. The highest BCUT2D eigenvalue weighted by molar-refractivity contribution is 6.00. The van der Waals surface area contributed by atoms with Crippen LogP contribution >= 0.6 is 0 Å². The summed E-state index contributed by atoms with van der Waals surface area (Å²) in [6.45, 7) is 2.15. The number of nitrogens with two attached hydrogens (primary N) is 1. The number of ether oxygens (including phenoxy) is 3. The van der Waals surface area contributed by atoms with E-state index >= 15 is 0 Å². The number of carbonyl (C=O) groups excluding carboxylic acids is 2. The second-order valence-electron chi connectivity index (χ2n) is 7.32. The van der Waals surface area contributed by atoms with Crippen molar-refractivity contribution in [3.05, 3.63) is 63.3 Å². The average molecular weight is 498 g/mol. The molecule has 3 aromatic rings. The van der Waals surface area contributed by atoms with Gasteiger partial charge in [0.1, 0.15) is 11.6 Å². The Kier molecular flexibility index (Phi) is 7.13. The number of hydrogen-bond donors (Lipinski definition) is 2. The Labute approximate surface area is 203 Å². The second kappa shape index (κ2) is 10.0. The van der Waals surface area contributed by atoms with Gasteiger partial charge in [-0.15, -0.1) is 0 Å². The molecule has 1 amide bonds. The Hall–Kier alpha value is -5.07. The van der Waals surface area contributed by atoms with E-state index in [2.05, 4.69) is 0 Å². The lowest BCUT2D eigenvalue weighted by atomic mass is 10.2. The zero-order valence-electron chi connectivity index (χ0n) is 19.7. The zero-order valence-corrected chi connectivity index (χ0v) is 19.7. The van der Waals surface area contributed by atoms with E-state index in [9.17, 15) is 29.1 Å². The molecule has 3 rings (SSSR count). The van der Waals surface area contributed by atoms with E-state index in [1.54, 1.807) is 12.1 Å². The summed E-state index contributed by atoms with van der Waals surface area (Å²) in [6.07, 6.45) is -1.70. The predicted octanol–water partition coefficient (Wildman–Crippen LogP) is 1.79. The van der Waals surface area contributed by atoms with Crippen LogP contribution in [0.15, 0.2) is 52.1 Å². The molecule has 0 unspecified atom stereocenters. The minimum Gasteiger partial charge on any atom is -0.497 e. The number of nitrogen functional groups attached to an aromatic ring is 1. The van der Waals surface area contributed by atoms with Crippen molar-refractivity contribution >= 4 is 35.2 Å². The van der Waals surface area contributed by atoms with Gasteiger partial charge >= 0.3 is 23.7 Å². The smallest absolute Gasteiger partial charge is 0.416 e. The fourth-order valence-electron chi connectivity index (χ4n) is 3.39. The van der Waals surface area contributed by atoms with Gasteiger partial charge in [-0.25, -0.2) is 19.1 Å². The van der Waals surface area contributed by atoms with Crippen LogP contribution in [0.4, 0.5) is 22.0 Å². The first-order chi connectivity index (χ1) is 17.0. The van der Waals surface area contributed by atoms with Gasteiger partial charge in [0.2, 0.25) is 0 Å². The lowest BCUT2D eigenvalue weighted by Crippen LogP contribution is -2.43. The maximum absolute atomic E-state index is 13.2. The zero-order chi connectivity index (χ0) is 26.7. The van der Waals surface area contributed by atoms with E-state index in [0.29, 0.717) is 15.2 Å². The van der Waals surface area contributed by atoms with Gasteiger partial charge in [0.15, 0.2) is 17.2 Å². The standard InChI is InChI=1S/C23H22N4O9/c1-12(28)35-17-7-5-6-16(19(17)36-13(2)29)27(23(32)33)18-20(24)26(22(31)25(3)21(18)30)14-8-10-15(34-4)11-9-14/h5-11H,24H2,1-4H3,(H,32,33). The molecular weight excluding hydrogens is 476 g/mol. The fraction of sp³-hybridized carbons (Fsp3) is 0.174. The average Bonchev–Trinajstić information content (AvgIpc) is 2.81. The molecule has 188 valence electrons. The van der Waals surface area contributed by atoms with Gasteiger partial charge in [-0.1, -0.05) is 6.07 Å². The topological polar surface area (TPSA) is 172 Å². The van der Waals surface area contributed by atoms with Crippen LogP contribution in [0.3, 0.4) is 0 Å². The van der Waals surface area contributed by atoms with Crippen molar-refractivity contribution in [1.82, 2.24) is 9.13 Å². The number of nitrogens with zero attached hydrogens (tertiary/aromatic N) is 3. The quantitative estimate of drug-likeness (QED) is 0.377. The van der Waals surface area contributed by atoms with Crippen LogP contribution in [-0.4, -0.2) is 39.4 Å². The predicted molar refractivity (Wildman–Crippen MR) is 127 cm³/mol. The number of anilines is 3. The molecule has 0 radical (unpaired) electrons. The molecule has 0 aliphatic carbocycles. The molecule has 0 saturated carbocycles. The number of aromatic nitrogens is 2. The van der Waals surface area contributed by atoms with Gasteiger partial charge < -0.3 is 25.1 Å². The van der Waals surface area contributed by atoms with Crippen molar-refractivity contribution < 1.29 is 33.7 Å². The Bertz CT molecular complexity index is 1470. The molecule has 3 N–H and O–H groups in total. The minimum atomic E-state index is -1.70. The van der Waals surface area contributed by atoms with Crippen molar-refractivity contribution in [2.75, 3.05) is 17.7 Å². The molecule has 0 atom stereocenters. The Morgan fingerprint density at radius 3 is 2.11 bits per heavy atom. The first-order valence-corrected chi connectivity index (χ1v) is 10.3. The molecule has 0 aliphatic rings. The van der Waals surface area contributed by atoms with Crippen LogP contribution in [0, 0.1) is 0 Å². The second-order valence-corrected chi connectivity index (χ2v) is 7.32. The van der Waals surface area contributed by atoms with E-state index in [1.807, 2.05) is 0 Å². The monoisotopic (exact) mass is 498 g/mol. The van der Waals surface area contributed by atoms with Crippen molar-refractivity contribution in [3.63, 3.8) is 0 Å². The van der Waals surface area contributed by atoms with E-state index in [4.69, 9.17) is 19.9 Å². The third-order valence-electron chi connectivity index (χ3n) is 4.91. The van der Waals surface area contributed by atoms with E-state index in [-0.39, 0.29) is 17.1 Å². The number of esters is 2. The molecule has 0 fully saturated rings. The van der Waals surface area contributed by atoms with Crippen LogP contribution in [0.2, 0.25) is 0 Å². The third-order valence-corrected chi connectivity index (χ3v) is 4.91. The van der Waals surface area contributed by atoms with Crippen LogP contribution in [0.5, 0.6) is 17.2 Å². The van der Waals surface area contributed by atoms with Crippen molar-refractivity contribution in [1.29, 1.82) is 0 Å². The van der Waals surface area contributed by atoms with Gasteiger partial charge in [-0.3, -0.25) is 19.0 Å². The first-order valence-electron chi connectivity index (χ1n) is 10.3. The molecule has 36 heavy (non-hydrogen) atoms. The lowest BCUT2D eigenvalue weighted by molar-refractivity contribution is -0.134. The number of hydrogen-bond acceptors (Lipinski definition) is 9. The van der Waals surface area contributed by atoms with Crippen molar-refractivity contribution in [2.24, 2.45) is 7.05 Å². The molecule has 13 nitrogen and oxygen atoms in total. The van der Waals surface area contributed by atoms with Gasteiger partial charge in [0, 0.05) is 20.9 Å². The minimum absolute atomic E-state index is 0.217. The highest BCUT2D eigenvalue weighted by Gasteiger charge is 2.31. The Morgan fingerprint density at radius 1 is 0.972 bits per heavy atom. The molecule has 0 spiro atoms. The van der Waals surface area contributed by atoms with Crippen LogP contribution in [-0.2, 0) is 16.6 Å². The van der Waals surface area contributed by atoms with Crippen LogP contribution in [0.25, 0.3) is 5.69 Å². The van der Waals surface area contributed by atoms with Crippen molar-refractivity contribution in [2.45, 2.75) is 13.8 Å². The molecule has 1 aromatic heterocycles. The summed E-state index contributed by atoms with van der Waals surface area (Å²) in [5.74, 6) is -2.39. The van der Waals surface area contributed by atoms with E-state index in [1.165, 1.54) is 37.4 Å². The molecule has 13 heteroatoms. The Balaban J connectivity index is 2.38. The molecular formula is C23H22N4O9. The van der Waals surface area contributed by atoms with Gasteiger partial charge in [0.25, 0.3) is 5.56 Å². The van der Waals surface area contributed by atoms with Gasteiger partial charge in [0.05, 0.1) is 18.5 Å². The number of methoxy groups -OCH3 is 1. The van der Waals surface area contributed by atoms with E-state index in [0.717, 1.165) is 25.5 Å². The molecule has 0 aliphatic heterocycles. The SMILES string of the molecule is COc1ccc(-n2c(N)c(N(C(=O)O)c3cccc(OC(C)=O)c3OC(C)=O)c(=O)n(C)c2=O)cc1. The number of rotatable bonds is 6. The number of para-hydroxylation sites is 1. The fourth-order valence-corrected chi connectivity index (χ4v) is 3.39. The Morgan fingerprint density at radius 2 is 1.58 bits per heavy atom. The third kappa shape index (κ3) is 4.75. The van der Waals surface area contributed by atoms with Crippen LogP contribution in [0.1, 0.15) is 13.8 Å². The molecule has 0 saturated heterocycles. The lowest BCUT2D eigenvalue weighted by Gasteiger charge is -2.25. The van der Waals surface area contributed by atoms with Gasteiger partial charge in [-0.2, -0.15) is 0 Å². The normalized spacial score (nSPS) is 10.4. The summed E-state index contributed by atoms with van der Waals surface area (Å²) in [5.41, 5.74) is 3.56. The maximum atomic E-state index is 13.2. The van der Waals surface area contributed by atoms with Gasteiger partial charge in [-0.05, 0) is 36.4 Å². The molecule has 2 aromatic carbocycles. The van der Waals surface area contributed by atoms with Crippen molar-refractivity contribution in [3.8, 4) is 22.9 Å². The number of benzene rings is 2. The molecule has 1 heterocycles. The summed E-state index contributed by atoms with van der Waals surface area (Å²) >= 11 is 0. The maximum Gasteiger partial charge on any atom is 0.416 e. The number of carboxylic acid groups (broad SMARTS) is 1. The summed E-state index contributed by atoms with van der Waals surface area (Å²) in [7, 11) is 2.60. The first kappa shape index (κ1) is 25.6. The number of carbonyl (C=O) groups is 3. The summed E-state index contributed by atoms with van der Waals surface area (Å²) in [4.78, 5) is 62.4. The number of amides is 1.